The molecule has 59 heavy (non-hydrogen) atoms. The molecule has 0 atom stereocenters. The minimum atomic E-state index is 0.820. The number of benzene rings is 9. The number of hydrogen-bond acceptors (Lipinski definition) is 4. The molecule has 13 aromatic rings. The minimum absolute atomic E-state index is 0.820. The van der Waals surface area contributed by atoms with Crippen molar-refractivity contribution in [3.05, 3.63) is 194 Å². The smallest absolute Gasteiger partial charge is 0.159 e. The van der Waals surface area contributed by atoms with Crippen LogP contribution < -0.4 is 4.90 Å². The average molecular weight is 773 g/mol. The molecule has 0 radical (unpaired) electrons. The van der Waals surface area contributed by atoms with Crippen LogP contribution in [0.5, 0.6) is 0 Å². The van der Waals surface area contributed by atoms with Crippen LogP contribution in [0, 0.1) is 0 Å². The Labute approximate surface area is 342 Å². The van der Waals surface area contributed by atoms with Crippen molar-refractivity contribution in [1.29, 1.82) is 0 Å². The van der Waals surface area contributed by atoms with Gasteiger partial charge in [0, 0.05) is 64.2 Å². The number of hydrogen-bond donors (Lipinski definition) is 0. The van der Waals surface area contributed by atoms with E-state index >= 15 is 0 Å². The van der Waals surface area contributed by atoms with E-state index in [0.717, 1.165) is 77.7 Å². The number of furan rings is 2. The first-order valence-corrected chi connectivity index (χ1v) is 20.7. The van der Waals surface area contributed by atoms with E-state index in [1.165, 1.54) is 42.1 Å². The number of thiophene rings is 1. The Bertz CT molecular complexity index is 3750. The summed E-state index contributed by atoms with van der Waals surface area (Å²) in [5, 5.41) is 9.38. The zero-order chi connectivity index (χ0) is 38.6. The van der Waals surface area contributed by atoms with Gasteiger partial charge in [0.15, 0.2) is 11.2 Å². The number of aromatic nitrogens is 1. The lowest BCUT2D eigenvalue weighted by molar-refractivity contribution is 0.666. The number of anilines is 3. The highest BCUT2D eigenvalue weighted by molar-refractivity contribution is 7.26. The van der Waals surface area contributed by atoms with Gasteiger partial charge in [0.05, 0.1) is 28.1 Å². The molecule has 0 aliphatic carbocycles. The summed E-state index contributed by atoms with van der Waals surface area (Å²) in [4.78, 5) is 2.30. The van der Waals surface area contributed by atoms with Crippen LogP contribution in [0.4, 0.5) is 17.1 Å². The fraction of sp³-hybridized carbons (Fsp3) is 0. The van der Waals surface area contributed by atoms with E-state index < -0.39 is 0 Å². The Morgan fingerprint density at radius 2 is 1.00 bits per heavy atom. The topological polar surface area (TPSA) is 34.5 Å². The molecule has 276 valence electrons. The van der Waals surface area contributed by atoms with Crippen LogP contribution in [0.25, 0.3) is 103 Å². The van der Waals surface area contributed by atoms with E-state index in [-0.39, 0.29) is 0 Å². The van der Waals surface area contributed by atoms with Crippen molar-refractivity contribution < 1.29 is 8.83 Å². The molecule has 0 amide bonds. The van der Waals surface area contributed by atoms with Crippen molar-refractivity contribution in [2.24, 2.45) is 0 Å². The summed E-state index contributed by atoms with van der Waals surface area (Å²) in [6.07, 6.45) is 0. The summed E-state index contributed by atoms with van der Waals surface area (Å²) in [5.74, 6) is 0. The highest BCUT2D eigenvalue weighted by Crippen LogP contribution is 2.46. The van der Waals surface area contributed by atoms with Crippen molar-refractivity contribution in [3.8, 4) is 16.8 Å². The zero-order valence-corrected chi connectivity index (χ0v) is 32.4. The standard InChI is InChI=1S/C54H32N2O2S/c1-5-20-45-37(12-1)38-13-2-6-21-46(38)56(45)48-23-11-18-43-40-31-30-35(32-50(40)58-53(43)48)55(47-22-10-17-42-39-14-3-7-24-49(39)57-52(42)47)34-28-26-33(27-29-34)36-16-9-19-44-41-15-4-8-25-51(41)59-54(36)44/h1-32H. The van der Waals surface area contributed by atoms with Gasteiger partial charge in [-0.15, -0.1) is 11.3 Å². The summed E-state index contributed by atoms with van der Waals surface area (Å²) in [7, 11) is 0. The monoisotopic (exact) mass is 772 g/mol. The maximum absolute atomic E-state index is 6.98. The normalized spacial score (nSPS) is 12.1. The van der Waals surface area contributed by atoms with Gasteiger partial charge in [0.1, 0.15) is 11.2 Å². The lowest BCUT2D eigenvalue weighted by Crippen LogP contribution is -2.10. The molecule has 0 N–H and O–H groups in total. The van der Waals surface area contributed by atoms with E-state index in [2.05, 4.69) is 191 Å². The first-order chi connectivity index (χ1) is 29.3. The first kappa shape index (κ1) is 32.5. The van der Waals surface area contributed by atoms with Crippen LogP contribution in [0.15, 0.2) is 203 Å². The van der Waals surface area contributed by atoms with Crippen molar-refractivity contribution in [1.82, 2.24) is 4.57 Å². The van der Waals surface area contributed by atoms with Crippen LogP contribution in [-0.2, 0) is 0 Å². The van der Waals surface area contributed by atoms with Crippen LogP contribution >= 0.6 is 11.3 Å². The Hall–Kier alpha value is -7.60. The minimum Gasteiger partial charge on any atom is -0.454 e. The maximum Gasteiger partial charge on any atom is 0.159 e. The summed E-state index contributed by atoms with van der Waals surface area (Å²) in [6, 6.07) is 69.3. The van der Waals surface area contributed by atoms with Gasteiger partial charge in [0.25, 0.3) is 0 Å². The van der Waals surface area contributed by atoms with Gasteiger partial charge in [-0.25, -0.2) is 0 Å². The summed E-state index contributed by atoms with van der Waals surface area (Å²) >= 11 is 1.86. The molecule has 0 spiro atoms. The van der Waals surface area contributed by atoms with Gasteiger partial charge in [0.2, 0.25) is 0 Å². The number of fused-ring (bicyclic) bond motifs is 12. The highest BCUT2D eigenvalue weighted by atomic mass is 32.1. The second-order valence-electron chi connectivity index (χ2n) is 15.2. The zero-order valence-electron chi connectivity index (χ0n) is 31.6. The van der Waals surface area contributed by atoms with Crippen molar-refractivity contribution in [3.63, 3.8) is 0 Å². The molecule has 0 aliphatic heterocycles. The number of para-hydroxylation sites is 5. The molecule has 9 aromatic carbocycles. The fourth-order valence-electron chi connectivity index (χ4n) is 9.37. The number of nitrogens with zero attached hydrogens (tertiary/aromatic N) is 2. The molecule has 0 saturated heterocycles. The van der Waals surface area contributed by atoms with Crippen LogP contribution in [0.2, 0.25) is 0 Å². The van der Waals surface area contributed by atoms with Crippen molar-refractivity contribution >= 4 is 114 Å². The van der Waals surface area contributed by atoms with E-state index in [1.54, 1.807) is 0 Å². The molecule has 4 nitrogen and oxygen atoms in total. The summed E-state index contributed by atoms with van der Waals surface area (Å²) in [5.41, 5.74) is 12.1. The Morgan fingerprint density at radius 3 is 1.81 bits per heavy atom. The predicted molar refractivity (Wildman–Crippen MR) is 248 cm³/mol. The second-order valence-corrected chi connectivity index (χ2v) is 16.3. The molecule has 0 saturated carbocycles. The van der Waals surface area contributed by atoms with Gasteiger partial charge >= 0.3 is 0 Å². The maximum atomic E-state index is 6.98. The average Bonchev–Trinajstić information content (AvgIpc) is 4.06. The van der Waals surface area contributed by atoms with Crippen molar-refractivity contribution in [2.45, 2.75) is 0 Å². The summed E-state index contributed by atoms with van der Waals surface area (Å²) in [6.45, 7) is 0. The lowest BCUT2D eigenvalue weighted by Gasteiger charge is -2.25. The third-order valence-corrected chi connectivity index (χ3v) is 13.2. The van der Waals surface area contributed by atoms with Crippen LogP contribution in [0.3, 0.4) is 0 Å². The number of rotatable bonds is 5. The van der Waals surface area contributed by atoms with Crippen molar-refractivity contribution in [2.75, 3.05) is 4.90 Å². The quantitative estimate of drug-likeness (QED) is 0.175. The predicted octanol–water partition coefficient (Wildman–Crippen LogP) is 16.1. The third-order valence-electron chi connectivity index (χ3n) is 12.0. The fourth-order valence-corrected chi connectivity index (χ4v) is 10.6. The lowest BCUT2D eigenvalue weighted by atomic mass is 10.0. The van der Waals surface area contributed by atoms with E-state index in [0.29, 0.717) is 0 Å². The Morgan fingerprint density at radius 1 is 0.407 bits per heavy atom. The molecular weight excluding hydrogens is 741 g/mol. The SMILES string of the molecule is c1ccc2c(c1)oc1c(N(c3ccc(-c4cccc5c4sc4ccccc45)cc3)c3ccc4c(c3)oc3c(-n5c6ccccc6c6ccccc65)cccc34)cccc12. The molecule has 13 rings (SSSR count). The van der Waals surface area contributed by atoms with Crippen LogP contribution in [0.1, 0.15) is 0 Å². The van der Waals surface area contributed by atoms with E-state index in [9.17, 15) is 0 Å². The Balaban J connectivity index is 1.00. The molecule has 0 fully saturated rings. The highest BCUT2D eigenvalue weighted by Gasteiger charge is 2.22. The van der Waals surface area contributed by atoms with Gasteiger partial charge < -0.3 is 18.3 Å². The Kier molecular flexibility index (Phi) is 6.85. The van der Waals surface area contributed by atoms with E-state index in [1.807, 2.05) is 23.5 Å². The van der Waals surface area contributed by atoms with E-state index in [4.69, 9.17) is 8.83 Å². The largest absolute Gasteiger partial charge is 0.454 e. The molecule has 4 aromatic heterocycles. The third kappa shape index (κ3) is 4.77. The molecule has 0 bridgehead atoms. The molecule has 0 unspecified atom stereocenters. The van der Waals surface area contributed by atoms with Gasteiger partial charge in [-0.05, 0) is 71.8 Å². The van der Waals surface area contributed by atoms with Crippen LogP contribution in [-0.4, -0.2) is 4.57 Å². The van der Waals surface area contributed by atoms with Gasteiger partial charge in [-0.3, -0.25) is 0 Å². The summed E-state index contributed by atoms with van der Waals surface area (Å²) < 4.78 is 18.6. The first-order valence-electron chi connectivity index (χ1n) is 19.9. The van der Waals surface area contributed by atoms with Gasteiger partial charge in [-0.1, -0.05) is 127 Å². The van der Waals surface area contributed by atoms with Gasteiger partial charge in [-0.2, -0.15) is 0 Å². The molecular formula is C54H32N2O2S. The molecule has 4 heterocycles. The second kappa shape index (κ2) is 12.4. The molecule has 5 heteroatoms. The molecule has 0 aliphatic rings.